The summed E-state index contributed by atoms with van der Waals surface area (Å²) in [5.74, 6) is 5.88. The van der Waals surface area contributed by atoms with Gasteiger partial charge in [0.2, 0.25) is 0 Å². The lowest BCUT2D eigenvalue weighted by atomic mass is 9.99. The fourth-order valence-corrected chi connectivity index (χ4v) is 2.05. The van der Waals surface area contributed by atoms with Gasteiger partial charge in [0.15, 0.2) is 0 Å². The predicted molar refractivity (Wildman–Crippen MR) is 80.0 cm³/mol. The maximum absolute atomic E-state index is 13.4. The van der Waals surface area contributed by atoms with Gasteiger partial charge in [0.25, 0.3) is 0 Å². The van der Waals surface area contributed by atoms with Gasteiger partial charge in [0.1, 0.15) is 11.6 Å². The molecule has 1 unspecified atom stereocenters. The summed E-state index contributed by atoms with van der Waals surface area (Å²) >= 11 is 0. The lowest BCUT2D eigenvalue weighted by Gasteiger charge is -2.19. The molecule has 0 aliphatic carbocycles. The molecule has 0 bridgehead atoms. The van der Waals surface area contributed by atoms with Crippen LogP contribution in [0, 0.1) is 5.82 Å². The Morgan fingerprint density at radius 3 is 2.86 bits per heavy atom. The molecule has 21 heavy (non-hydrogen) atoms. The van der Waals surface area contributed by atoms with E-state index in [1.165, 1.54) is 18.2 Å². The highest BCUT2D eigenvalue weighted by atomic mass is 19.1. The van der Waals surface area contributed by atoms with E-state index in [0.29, 0.717) is 23.6 Å². The zero-order chi connectivity index (χ0) is 15.2. The van der Waals surface area contributed by atoms with Crippen molar-refractivity contribution >= 4 is 5.69 Å². The van der Waals surface area contributed by atoms with Crippen LogP contribution in [0.5, 0.6) is 5.75 Å². The molecule has 0 radical (unpaired) electrons. The summed E-state index contributed by atoms with van der Waals surface area (Å²) < 4.78 is 19.0. The molecule has 2 aromatic rings. The number of hydrogen-bond donors (Lipinski definition) is 3. The number of nitrogens with two attached hydrogens (primary N) is 2. The molecule has 5 nitrogen and oxygen atoms in total. The number of ether oxygens (including phenoxy) is 1. The third kappa shape index (κ3) is 3.68. The van der Waals surface area contributed by atoms with Gasteiger partial charge in [-0.15, -0.1) is 0 Å². The average Bonchev–Trinajstić information content (AvgIpc) is 2.50. The second kappa shape index (κ2) is 7.01. The lowest BCUT2D eigenvalue weighted by Crippen LogP contribution is -2.29. The van der Waals surface area contributed by atoms with E-state index >= 15 is 0 Å². The summed E-state index contributed by atoms with van der Waals surface area (Å²) in [5, 5.41) is 0. The van der Waals surface area contributed by atoms with Crippen molar-refractivity contribution in [2.75, 3.05) is 12.3 Å². The second-order valence-corrected chi connectivity index (χ2v) is 4.68. The van der Waals surface area contributed by atoms with E-state index in [0.717, 1.165) is 12.0 Å². The monoisotopic (exact) mass is 290 g/mol. The van der Waals surface area contributed by atoms with Crippen molar-refractivity contribution in [2.24, 2.45) is 5.84 Å². The van der Waals surface area contributed by atoms with Crippen LogP contribution in [0.4, 0.5) is 10.1 Å². The molecule has 2 rings (SSSR count). The highest BCUT2D eigenvalue weighted by Crippen LogP contribution is 2.28. The SMILES string of the molecule is CCCOc1cncc(C(NN)c2cc(F)ccc2N)c1. The van der Waals surface area contributed by atoms with Crippen molar-refractivity contribution in [3.63, 3.8) is 0 Å². The topological polar surface area (TPSA) is 86.2 Å². The maximum atomic E-state index is 13.4. The summed E-state index contributed by atoms with van der Waals surface area (Å²) in [5.41, 5.74) is 10.3. The zero-order valence-electron chi connectivity index (χ0n) is 11.8. The minimum absolute atomic E-state index is 0.370. The smallest absolute Gasteiger partial charge is 0.137 e. The van der Waals surface area contributed by atoms with E-state index in [2.05, 4.69) is 10.4 Å². The number of nitrogens with zero attached hydrogens (tertiary/aromatic N) is 1. The average molecular weight is 290 g/mol. The molecule has 0 saturated heterocycles. The van der Waals surface area contributed by atoms with Crippen molar-refractivity contribution < 1.29 is 9.13 Å². The van der Waals surface area contributed by atoms with Crippen LogP contribution < -0.4 is 21.7 Å². The van der Waals surface area contributed by atoms with Crippen LogP contribution in [0.1, 0.15) is 30.5 Å². The molecular weight excluding hydrogens is 271 g/mol. The molecule has 0 spiro atoms. The first-order valence-corrected chi connectivity index (χ1v) is 6.74. The van der Waals surface area contributed by atoms with E-state index in [-0.39, 0.29) is 5.82 Å². The lowest BCUT2D eigenvalue weighted by molar-refractivity contribution is 0.315. The van der Waals surface area contributed by atoms with Crippen molar-refractivity contribution in [2.45, 2.75) is 19.4 Å². The Kier molecular flexibility index (Phi) is 5.08. The standard InChI is InChI=1S/C15H19FN4O/c1-2-5-21-12-6-10(8-19-9-12)15(20-18)13-7-11(16)3-4-14(13)17/h3-4,6-9,15,20H,2,5,17-18H2,1H3. The van der Waals surface area contributed by atoms with Gasteiger partial charge >= 0.3 is 0 Å². The Morgan fingerprint density at radius 1 is 1.33 bits per heavy atom. The quantitative estimate of drug-likeness (QED) is 0.431. The molecule has 1 aromatic carbocycles. The third-order valence-corrected chi connectivity index (χ3v) is 3.07. The molecule has 1 aromatic heterocycles. The molecule has 0 saturated carbocycles. The summed E-state index contributed by atoms with van der Waals surface area (Å²) in [6, 6.07) is 5.54. The Hall–Kier alpha value is -2.18. The Balaban J connectivity index is 2.34. The van der Waals surface area contributed by atoms with Crippen molar-refractivity contribution in [1.82, 2.24) is 10.4 Å². The molecule has 0 aliphatic rings. The summed E-state index contributed by atoms with van der Waals surface area (Å²) in [6.45, 7) is 2.63. The van der Waals surface area contributed by atoms with Gasteiger partial charge in [0, 0.05) is 17.4 Å². The Morgan fingerprint density at radius 2 is 2.14 bits per heavy atom. The number of hydrogen-bond acceptors (Lipinski definition) is 5. The van der Waals surface area contributed by atoms with E-state index in [1.54, 1.807) is 12.4 Å². The first-order chi connectivity index (χ1) is 10.2. The molecule has 0 amide bonds. The van der Waals surface area contributed by atoms with Crippen LogP contribution in [0.25, 0.3) is 0 Å². The normalized spacial score (nSPS) is 12.1. The molecule has 112 valence electrons. The van der Waals surface area contributed by atoms with Gasteiger partial charge in [0.05, 0.1) is 18.8 Å². The number of anilines is 1. The number of nitrogens with one attached hydrogen (secondary N) is 1. The van der Waals surface area contributed by atoms with Crippen LogP contribution in [-0.4, -0.2) is 11.6 Å². The van der Waals surface area contributed by atoms with Gasteiger partial charge < -0.3 is 10.5 Å². The van der Waals surface area contributed by atoms with Crippen LogP contribution in [-0.2, 0) is 0 Å². The van der Waals surface area contributed by atoms with Gasteiger partial charge in [-0.3, -0.25) is 10.8 Å². The van der Waals surface area contributed by atoms with Crippen LogP contribution in [0.3, 0.4) is 0 Å². The van der Waals surface area contributed by atoms with Crippen molar-refractivity contribution in [3.05, 3.63) is 53.6 Å². The first kappa shape index (κ1) is 15.2. The van der Waals surface area contributed by atoms with Gasteiger partial charge in [-0.25, -0.2) is 9.82 Å². The first-order valence-electron chi connectivity index (χ1n) is 6.74. The van der Waals surface area contributed by atoms with E-state index < -0.39 is 6.04 Å². The number of pyridine rings is 1. The van der Waals surface area contributed by atoms with E-state index in [1.807, 2.05) is 13.0 Å². The minimum Gasteiger partial charge on any atom is -0.492 e. The Labute approximate surface area is 123 Å². The molecule has 6 heteroatoms. The fraction of sp³-hybridized carbons (Fsp3) is 0.267. The molecule has 1 heterocycles. The van der Waals surface area contributed by atoms with Crippen molar-refractivity contribution in [1.29, 1.82) is 0 Å². The van der Waals surface area contributed by atoms with Crippen LogP contribution in [0.15, 0.2) is 36.7 Å². The molecular formula is C15H19FN4O. The molecule has 5 N–H and O–H groups in total. The fourth-order valence-electron chi connectivity index (χ4n) is 2.05. The Bertz CT molecular complexity index is 606. The number of hydrazine groups is 1. The number of nitrogen functional groups attached to an aromatic ring is 1. The van der Waals surface area contributed by atoms with Crippen molar-refractivity contribution in [3.8, 4) is 5.75 Å². The largest absolute Gasteiger partial charge is 0.492 e. The predicted octanol–water partition coefficient (Wildman–Crippen LogP) is 2.14. The third-order valence-electron chi connectivity index (χ3n) is 3.07. The van der Waals surface area contributed by atoms with Gasteiger partial charge in [-0.05, 0) is 36.2 Å². The number of halogens is 1. The number of benzene rings is 1. The molecule has 0 fully saturated rings. The number of aromatic nitrogens is 1. The highest BCUT2D eigenvalue weighted by Gasteiger charge is 2.17. The van der Waals surface area contributed by atoms with Gasteiger partial charge in [-0.1, -0.05) is 6.92 Å². The van der Waals surface area contributed by atoms with Crippen LogP contribution >= 0.6 is 0 Å². The highest BCUT2D eigenvalue weighted by molar-refractivity contribution is 5.51. The van der Waals surface area contributed by atoms with E-state index in [4.69, 9.17) is 16.3 Å². The van der Waals surface area contributed by atoms with E-state index in [9.17, 15) is 4.39 Å². The summed E-state index contributed by atoms with van der Waals surface area (Å²) in [6.07, 6.45) is 4.18. The summed E-state index contributed by atoms with van der Waals surface area (Å²) in [7, 11) is 0. The molecule has 1 atom stereocenters. The summed E-state index contributed by atoms with van der Waals surface area (Å²) in [4.78, 5) is 4.13. The molecule has 0 aliphatic heterocycles. The minimum atomic E-state index is -0.460. The number of rotatable bonds is 6. The van der Waals surface area contributed by atoms with Gasteiger partial charge in [-0.2, -0.15) is 0 Å². The zero-order valence-corrected chi connectivity index (χ0v) is 11.8. The van der Waals surface area contributed by atoms with Crippen LogP contribution in [0.2, 0.25) is 0 Å². The maximum Gasteiger partial charge on any atom is 0.137 e. The second-order valence-electron chi connectivity index (χ2n) is 4.68.